The Labute approximate surface area is 134 Å². The van der Waals surface area contributed by atoms with Crippen molar-refractivity contribution in [3.05, 3.63) is 27.9 Å². The maximum absolute atomic E-state index is 12.3. The van der Waals surface area contributed by atoms with Crippen LogP contribution in [0.15, 0.2) is 12.3 Å². The third-order valence-corrected chi connectivity index (χ3v) is 4.39. The number of aromatic nitrogens is 1. The quantitative estimate of drug-likeness (QED) is 0.612. The number of piperazine rings is 1. The Kier molecular flexibility index (Phi) is 4.42. The molecule has 0 saturated carbocycles. The number of rotatable bonds is 3. The first kappa shape index (κ1) is 15.7. The Hall–Kier alpha value is -2.22. The minimum atomic E-state index is -0.426. The summed E-state index contributed by atoms with van der Waals surface area (Å²) in [5, 5.41) is 10.8. The van der Waals surface area contributed by atoms with Crippen molar-refractivity contribution in [2.75, 3.05) is 37.7 Å². The largest absolute Gasteiger partial charge is 0.368 e. The van der Waals surface area contributed by atoms with Crippen LogP contribution in [0.3, 0.4) is 0 Å². The van der Waals surface area contributed by atoms with Crippen molar-refractivity contribution in [1.82, 2.24) is 9.88 Å². The molecule has 124 valence electrons. The zero-order chi connectivity index (χ0) is 16.4. The monoisotopic (exact) mass is 320 g/mol. The maximum Gasteiger partial charge on any atom is 0.290 e. The molecule has 0 spiro atoms. The van der Waals surface area contributed by atoms with Gasteiger partial charge in [-0.3, -0.25) is 14.9 Å². The predicted molar refractivity (Wildman–Crippen MR) is 83.4 cm³/mol. The number of carbonyl (C=O) groups excluding carboxylic acids is 1. The predicted octanol–water partition coefficient (Wildman–Crippen LogP) is 1.13. The molecular weight excluding hydrogens is 300 g/mol. The number of carbonyl (C=O) groups is 1. The molecule has 23 heavy (non-hydrogen) atoms. The first-order valence-electron chi connectivity index (χ1n) is 7.82. The van der Waals surface area contributed by atoms with Gasteiger partial charge in [0.1, 0.15) is 18.1 Å². The summed E-state index contributed by atoms with van der Waals surface area (Å²) in [6.07, 6.45) is 2.78. The fourth-order valence-electron chi connectivity index (χ4n) is 3.03. The molecule has 0 aromatic carbocycles. The number of aryl methyl sites for hydroxylation is 1. The molecule has 3 heterocycles. The van der Waals surface area contributed by atoms with Crippen LogP contribution in [-0.4, -0.2) is 59.6 Å². The van der Waals surface area contributed by atoms with Crippen molar-refractivity contribution < 1.29 is 14.5 Å². The van der Waals surface area contributed by atoms with Crippen molar-refractivity contribution >= 4 is 17.4 Å². The second-order valence-corrected chi connectivity index (χ2v) is 5.90. The number of hydrogen-bond acceptors (Lipinski definition) is 6. The van der Waals surface area contributed by atoms with E-state index in [2.05, 4.69) is 9.88 Å². The van der Waals surface area contributed by atoms with Crippen LogP contribution in [0.4, 0.5) is 11.5 Å². The van der Waals surface area contributed by atoms with Crippen LogP contribution in [-0.2, 0) is 9.53 Å². The van der Waals surface area contributed by atoms with Gasteiger partial charge >= 0.3 is 0 Å². The molecule has 0 unspecified atom stereocenters. The zero-order valence-electron chi connectivity index (χ0n) is 13.1. The molecule has 1 atom stereocenters. The average Bonchev–Trinajstić information content (AvgIpc) is 3.08. The van der Waals surface area contributed by atoms with Crippen LogP contribution < -0.4 is 4.90 Å². The van der Waals surface area contributed by atoms with Gasteiger partial charge in [-0.2, -0.15) is 0 Å². The Morgan fingerprint density at radius 3 is 2.70 bits per heavy atom. The van der Waals surface area contributed by atoms with E-state index in [4.69, 9.17) is 4.74 Å². The van der Waals surface area contributed by atoms with Crippen molar-refractivity contribution in [1.29, 1.82) is 0 Å². The maximum atomic E-state index is 12.3. The van der Waals surface area contributed by atoms with Gasteiger partial charge in [0.2, 0.25) is 0 Å². The molecular formula is C15H20N4O4. The van der Waals surface area contributed by atoms with Crippen molar-refractivity contribution in [3.8, 4) is 0 Å². The van der Waals surface area contributed by atoms with E-state index in [-0.39, 0.29) is 17.7 Å². The van der Waals surface area contributed by atoms with E-state index in [1.54, 1.807) is 13.0 Å². The second kappa shape index (κ2) is 6.49. The molecule has 0 N–H and O–H groups in total. The number of nitro groups is 1. The topological polar surface area (TPSA) is 88.8 Å². The third-order valence-electron chi connectivity index (χ3n) is 4.39. The molecule has 0 radical (unpaired) electrons. The van der Waals surface area contributed by atoms with Crippen LogP contribution in [0.1, 0.15) is 18.4 Å². The molecule has 8 heteroatoms. The summed E-state index contributed by atoms with van der Waals surface area (Å²) in [5.74, 6) is 0.798. The fraction of sp³-hybridized carbons (Fsp3) is 0.600. The van der Waals surface area contributed by atoms with Gasteiger partial charge in [0.15, 0.2) is 0 Å². The Bertz CT molecular complexity index is 607. The first-order chi connectivity index (χ1) is 11.1. The zero-order valence-corrected chi connectivity index (χ0v) is 13.1. The lowest BCUT2D eigenvalue weighted by atomic mass is 10.2. The molecule has 0 bridgehead atoms. The second-order valence-electron chi connectivity index (χ2n) is 5.90. The molecule has 2 fully saturated rings. The van der Waals surface area contributed by atoms with Crippen molar-refractivity contribution in [3.63, 3.8) is 0 Å². The Balaban J connectivity index is 1.61. The van der Waals surface area contributed by atoms with Gasteiger partial charge in [0.25, 0.3) is 11.6 Å². The summed E-state index contributed by atoms with van der Waals surface area (Å²) in [6.45, 7) is 4.96. The molecule has 2 aliphatic rings. The van der Waals surface area contributed by atoms with Gasteiger partial charge in [0.05, 0.1) is 4.92 Å². The molecule has 2 aliphatic heterocycles. The summed E-state index contributed by atoms with van der Waals surface area (Å²) >= 11 is 0. The Morgan fingerprint density at radius 1 is 1.39 bits per heavy atom. The standard InChI is InChI=1S/C15H20N4O4/c1-11-9-14(16-10-12(11)19(21)22)17-4-6-18(7-5-17)15(20)13-3-2-8-23-13/h9-10,13H,2-8H2,1H3/t13-/m0/s1. The van der Waals surface area contributed by atoms with Crippen LogP contribution in [0.25, 0.3) is 0 Å². The summed E-state index contributed by atoms with van der Waals surface area (Å²) in [4.78, 5) is 30.8. The molecule has 1 amide bonds. The molecule has 1 aromatic rings. The molecule has 0 aliphatic carbocycles. The van der Waals surface area contributed by atoms with Gasteiger partial charge in [0, 0.05) is 38.3 Å². The summed E-state index contributed by atoms with van der Waals surface area (Å²) in [5.41, 5.74) is 0.624. The minimum absolute atomic E-state index is 0.0287. The number of hydrogen-bond donors (Lipinski definition) is 0. The van der Waals surface area contributed by atoms with E-state index in [0.717, 1.165) is 18.7 Å². The average molecular weight is 320 g/mol. The normalized spacial score (nSPS) is 21.5. The molecule has 1 aromatic heterocycles. The van der Waals surface area contributed by atoms with E-state index in [1.165, 1.54) is 6.20 Å². The third kappa shape index (κ3) is 3.26. The summed E-state index contributed by atoms with van der Waals surface area (Å²) in [7, 11) is 0. The van der Waals surface area contributed by atoms with Gasteiger partial charge in [-0.25, -0.2) is 4.98 Å². The van der Waals surface area contributed by atoms with E-state index < -0.39 is 4.92 Å². The van der Waals surface area contributed by atoms with Crippen LogP contribution >= 0.6 is 0 Å². The lowest BCUT2D eigenvalue weighted by Crippen LogP contribution is -2.51. The van der Waals surface area contributed by atoms with Gasteiger partial charge in [-0.05, 0) is 25.8 Å². The minimum Gasteiger partial charge on any atom is -0.368 e. The lowest BCUT2D eigenvalue weighted by Gasteiger charge is -2.36. The summed E-state index contributed by atoms with van der Waals surface area (Å²) < 4.78 is 5.45. The number of pyridine rings is 1. The highest BCUT2D eigenvalue weighted by Crippen LogP contribution is 2.23. The van der Waals surface area contributed by atoms with E-state index >= 15 is 0 Å². The number of ether oxygens (including phenoxy) is 1. The van der Waals surface area contributed by atoms with Gasteiger partial charge in [-0.15, -0.1) is 0 Å². The molecule has 8 nitrogen and oxygen atoms in total. The van der Waals surface area contributed by atoms with Crippen LogP contribution in [0.2, 0.25) is 0 Å². The van der Waals surface area contributed by atoms with E-state index in [0.29, 0.717) is 38.3 Å². The highest BCUT2D eigenvalue weighted by atomic mass is 16.6. The smallest absolute Gasteiger partial charge is 0.290 e. The fourth-order valence-corrected chi connectivity index (χ4v) is 3.03. The van der Waals surface area contributed by atoms with Gasteiger partial charge in [-0.1, -0.05) is 0 Å². The lowest BCUT2D eigenvalue weighted by molar-refractivity contribution is -0.385. The van der Waals surface area contributed by atoms with Crippen LogP contribution in [0.5, 0.6) is 0 Å². The van der Waals surface area contributed by atoms with E-state index in [1.807, 2.05) is 4.90 Å². The Morgan fingerprint density at radius 2 is 2.13 bits per heavy atom. The highest BCUT2D eigenvalue weighted by molar-refractivity contribution is 5.81. The number of nitrogens with zero attached hydrogens (tertiary/aromatic N) is 4. The summed E-state index contributed by atoms with van der Waals surface area (Å²) in [6, 6.07) is 1.73. The number of anilines is 1. The van der Waals surface area contributed by atoms with E-state index in [9.17, 15) is 14.9 Å². The van der Waals surface area contributed by atoms with Crippen molar-refractivity contribution in [2.24, 2.45) is 0 Å². The first-order valence-corrected chi connectivity index (χ1v) is 7.82. The van der Waals surface area contributed by atoms with Gasteiger partial charge < -0.3 is 14.5 Å². The SMILES string of the molecule is Cc1cc(N2CCN(C(=O)[C@@H]3CCCO3)CC2)ncc1[N+](=O)[O-]. The van der Waals surface area contributed by atoms with Crippen molar-refractivity contribution in [2.45, 2.75) is 25.9 Å². The molecule has 3 rings (SSSR count). The highest BCUT2D eigenvalue weighted by Gasteiger charge is 2.30. The van der Waals surface area contributed by atoms with Crippen LogP contribution in [0, 0.1) is 17.0 Å². The number of amides is 1. The molecule has 2 saturated heterocycles.